The highest BCUT2D eigenvalue weighted by molar-refractivity contribution is 7.10. The van der Waals surface area contributed by atoms with Gasteiger partial charge in [0.2, 0.25) is 5.91 Å². The first kappa shape index (κ1) is 13.7. The highest BCUT2D eigenvalue weighted by atomic mass is 32.1. The van der Waals surface area contributed by atoms with Crippen molar-refractivity contribution in [3.05, 3.63) is 21.9 Å². The average molecular weight is 306 g/mol. The fourth-order valence-corrected chi connectivity index (χ4v) is 5.11. The standard InChI is InChI=1S/C16H22N2O2S/c19-14-7-12-1-2-13(8-14)18(12)10-16(20)17-5-3-15-11(9-17)4-6-21-15/h4,6,12-14,19H,1-3,5,7-10H2. The monoisotopic (exact) mass is 306 g/mol. The Hall–Kier alpha value is -0.910. The van der Waals surface area contributed by atoms with Crippen LogP contribution >= 0.6 is 11.3 Å². The van der Waals surface area contributed by atoms with Gasteiger partial charge in [0.05, 0.1) is 12.6 Å². The summed E-state index contributed by atoms with van der Waals surface area (Å²) < 4.78 is 0. The van der Waals surface area contributed by atoms with Crippen LogP contribution in [0.5, 0.6) is 0 Å². The second kappa shape index (κ2) is 5.38. The van der Waals surface area contributed by atoms with Crippen molar-refractivity contribution >= 4 is 17.2 Å². The molecule has 4 nitrogen and oxygen atoms in total. The van der Waals surface area contributed by atoms with Gasteiger partial charge < -0.3 is 10.0 Å². The molecule has 21 heavy (non-hydrogen) atoms. The number of carbonyl (C=O) groups excluding carboxylic acids is 1. The third kappa shape index (κ3) is 2.51. The Balaban J connectivity index is 1.41. The molecular weight excluding hydrogens is 284 g/mol. The van der Waals surface area contributed by atoms with Crippen LogP contribution in [0.1, 0.15) is 36.1 Å². The molecular formula is C16H22N2O2S. The van der Waals surface area contributed by atoms with Crippen LogP contribution in [0, 0.1) is 0 Å². The van der Waals surface area contributed by atoms with E-state index in [9.17, 15) is 9.90 Å². The van der Waals surface area contributed by atoms with Gasteiger partial charge in [-0.3, -0.25) is 9.69 Å². The third-order valence-electron chi connectivity index (χ3n) is 5.34. The fraction of sp³-hybridized carbons (Fsp3) is 0.688. The summed E-state index contributed by atoms with van der Waals surface area (Å²) in [6.07, 6.45) is 4.83. The molecule has 0 aliphatic carbocycles. The number of aliphatic hydroxyl groups excluding tert-OH is 1. The zero-order chi connectivity index (χ0) is 14.4. The van der Waals surface area contributed by atoms with Gasteiger partial charge in [-0.15, -0.1) is 11.3 Å². The Labute approximate surface area is 129 Å². The van der Waals surface area contributed by atoms with Crippen molar-refractivity contribution in [1.82, 2.24) is 9.80 Å². The minimum atomic E-state index is -0.155. The first-order valence-electron chi connectivity index (χ1n) is 7.97. The minimum Gasteiger partial charge on any atom is -0.393 e. The van der Waals surface area contributed by atoms with Gasteiger partial charge in [-0.25, -0.2) is 0 Å². The van der Waals surface area contributed by atoms with Gasteiger partial charge in [0.15, 0.2) is 0 Å². The number of piperidine rings is 1. The zero-order valence-corrected chi connectivity index (χ0v) is 13.0. The van der Waals surface area contributed by atoms with Crippen molar-refractivity contribution in [3.8, 4) is 0 Å². The molecule has 0 spiro atoms. The number of fused-ring (bicyclic) bond motifs is 3. The Bertz CT molecular complexity index is 530. The molecule has 2 atom stereocenters. The summed E-state index contributed by atoms with van der Waals surface area (Å²) in [5.41, 5.74) is 1.33. The van der Waals surface area contributed by atoms with Gasteiger partial charge in [0, 0.05) is 30.1 Å². The quantitative estimate of drug-likeness (QED) is 0.903. The van der Waals surface area contributed by atoms with Crippen molar-refractivity contribution in [2.45, 2.75) is 56.8 Å². The molecule has 0 radical (unpaired) electrons. The van der Waals surface area contributed by atoms with E-state index in [0.29, 0.717) is 18.6 Å². The molecule has 4 rings (SSSR count). The van der Waals surface area contributed by atoms with Crippen LogP contribution in [-0.4, -0.2) is 52.1 Å². The second-order valence-electron chi connectivity index (χ2n) is 6.62. The minimum absolute atomic E-state index is 0.155. The zero-order valence-electron chi connectivity index (χ0n) is 12.2. The molecule has 5 heteroatoms. The average Bonchev–Trinajstić information content (AvgIpc) is 3.02. The number of hydrogen-bond donors (Lipinski definition) is 1. The largest absolute Gasteiger partial charge is 0.393 e. The lowest BCUT2D eigenvalue weighted by atomic mass is 10.00. The summed E-state index contributed by atoms with van der Waals surface area (Å²) in [5.74, 6) is 0.264. The van der Waals surface area contributed by atoms with E-state index in [1.165, 1.54) is 10.4 Å². The van der Waals surface area contributed by atoms with E-state index in [1.54, 1.807) is 0 Å². The SMILES string of the molecule is O=C(CN1C2CCC1CC(O)C2)N1CCc2sccc2C1. The van der Waals surface area contributed by atoms with E-state index in [-0.39, 0.29) is 12.0 Å². The number of thiophene rings is 1. The Morgan fingerprint density at radius 2 is 2.10 bits per heavy atom. The molecule has 0 saturated carbocycles. The third-order valence-corrected chi connectivity index (χ3v) is 6.36. The summed E-state index contributed by atoms with van der Waals surface area (Å²) in [6, 6.07) is 2.99. The van der Waals surface area contributed by atoms with Gasteiger partial charge in [-0.05, 0) is 49.1 Å². The van der Waals surface area contributed by atoms with Crippen LogP contribution in [0.3, 0.4) is 0 Å². The Kier molecular flexibility index (Phi) is 3.52. The topological polar surface area (TPSA) is 43.8 Å². The number of carbonyl (C=O) groups is 1. The van der Waals surface area contributed by atoms with E-state index < -0.39 is 0 Å². The predicted octanol–water partition coefficient (Wildman–Crippen LogP) is 1.62. The van der Waals surface area contributed by atoms with Crippen molar-refractivity contribution in [3.63, 3.8) is 0 Å². The molecule has 2 bridgehead atoms. The highest BCUT2D eigenvalue weighted by Gasteiger charge is 2.41. The maximum absolute atomic E-state index is 12.6. The van der Waals surface area contributed by atoms with Gasteiger partial charge in [-0.1, -0.05) is 0 Å². The van der Waals surface area contributed by atoms with Crippen LogP contribution in [-0.2, 0) is 17.8 Å². The van der Waals surface area contributed by atoms with Crippen molar-refractivity contribution in [2.24, 2.45) is 0 Å². The summed E-state index contributed by atoms with van der Waals surface area (Å²) in [5, 5.41) is 12.0. The maximum Gasteiger partial charge on any atom is 0.237 e. The lowest BCUT2D eigenvalue weighted by molar-refractivity contribution is -0.135. The molecule has 4 heterocycles. The smallest absolute Gasteiger partial charge is 0.237 e. The van der Waals surface area contributed by atoms with Gasteiger partial charge in [-0.2, -0.15) is 0 Å². The lowest BCUT2D eigenvalue weighted by Crippen LogP contribution is -2.50. The lowest BCUT2D eigenvalue weighted by Gasteiger charge is -2.38. The Morgan fingerprint density at radius 3 is 2.86 bits per heavy atom. The molecule has 1 aromatic rings. The number of nitrogens with zero attached hydrogens (tertiary/aromatic N) is 2. The normalized spacial score (nSPS) is 32.2. The van der Waals surface area contributed by atoms with Gasteiger partial charge >= 0.3 is 0 Å². The molecule has 3 aliphatic heterocycles. The molecule has 1 N–H and O–H groups in total. The van der Waals surface area contributed by atoms with Crippen LogP contribution in [0.2, 0.25) is 0 Å². The highest BCUT2D eigenvalue weighted by Crippen LogP contribution is 2.35. The summed E-state index contributed by atoms with van der Waals surface area (Å²) in [4.78, 5) is 18.4. The van der Waals surface area contributed by atoms with Crippen LogP contribution in [0.15, 0.2) is 11.4 Å². The van der Waals surface area contributed by atoms with Crippen molar-refractivity contribution < 1.29 is 9.90 Å². The first-order chi connectivity index (χ1) is 10.2. The van der Waals surface area contributed by atoms with Crippen molar-refractivity contribution in [2.75, 3.05) is 13.1 Å². The molecule has 1 amide bonds. The number of hydrogen-bond acceptors (Lipinski definition) is 4. The van der Waals surface area contributed by atoms with Gasteiger partial charge in [0.1, 0.15) is 0 Å². The van der Waals surface area contributed by atoms with E-state index in [2.05, 4.69) is 16.3 Å². The Morgan fingerprint density at radius 1 is 1.33 bits per heavy atom. The fourth-order valence-electron chi connectivity index (χ4n) is 4.22. The van der Waals surface area contributed by atoms with Crippen LogP contribution < -0.4 is 0 Å². The molecule has 3 aliphatic rings. The molecule has 2 fully saturated rings. The summed E-state index contributed by atoms with van der Waals surface area (Å²) in [6.45, 7) is 2.18. The van der Waals surface area contributed by atoms with Gasteiger partial charge in [0.25, 0.3) is 0 Å². The van der Waals surface area contributed by atoms with Crippen molar-refractivity contribution in [1.29, 1.82) is 0 Å². The van der Waals surface area contributed by atoms with E-state index in [0.717, 1.165) is 45.2 Å². The molecule has 0 aromatic carbocycles. The first-order valence-corrected chi connectivity index (χ1v) is 8.85. The summed E-state index contributed by atoms with van der Waals surface area (Å²) >= 11 is 1.81. The molecule has 2 unspecified atom stereocenters. The van der Waals surface area contributed by atoms with E-state index >= 15 is 0 Å². The van der Waals surface area contributed by atoms with E-state index in [4.69, 9.17) is 0 Å². The molecule has 2 saturated heterocycles. The second-order valence-corrected chi connectivity index (χ2v) is 7.62. The van der Waals surface area contributed by atoms with E-state index in [1.807, 2.05) is 16.2 Å². The maximum atomic E-state index is 12.6. The number of aliphatic hydroxyl groups is 1. The predicted molar refractivity (Wildman–Crippen MR) is 82.2 cm³/mol. The molecule has 1 aromatic heterocycles. The van der Waals surface area contributed by atoms with Crippen LogP contribution in [0.4, 0.5) is 0 Å². The number of rotatable bonds is 2. The van der Waals surface area contributed by atoms with Crippen LogP contribution in [0.25, 0.3) is 0 Å². The molecule has 114 valence electrons. The number of amides is 1. The summed E-state index contributed by atoms with van der Waals surface area (Å²) in [7, 11) is 0.